The standard InChI is InChI=1S/C17H23NO2/c1-17(19,14-10-6-3-7-11-14)16-12-15(18-20-16)13-8-4-2-5-9-13/h2,4-5,8-9,14,16,19H,3,6-7,10-12H2,1H3/t16-,17-/m0/s1. The van der Waals surface area contributed by atoms with Crippen LogP contribution in [0.15, 0.2) is 35.5 Å². The van der Waals surface area contributed by atoms with E-state index >= 15 is 0 Å². The predicted octanol–water partition coefficient (Wildman–Crippen LogP) is 3.51. The van der Waals surface area contributed by atoms with E-state index in [1.165, 1.54) is 19.3 Å². The molecule has 1 aromatic rings. The van der Waals surface area contributed by atoms with E-state index in [4.69, 9.17) is 4.84 Å². The van der Waals surface area contributed by atoms with Gasteiger partial charge in [0, 0.05) is 6.42 Å². The normalized spacial score (nSPS) is 26.7. The molecule has 0 spiro atoms. The van der Waals surface area contributed by atoms with Gasteiger partial charge in [-0.3, -0.25) is 0 Å². The van der Waals surface area contributed by atoms with Crippen LogP contribution in [0, 0.1) is 5.92 Å². The molecule has 1 aromatic carbocycles. The summed E-state index contributed by atoms with van der Waals surface area (Å²) in [5, 5.41) is 15.1. The molecule has 0 bridgehead atoms. The Morgan fingerprint density at radius 3 is 2.55 bits per heavy atom. The zero-order valence-electron chi connectivity index (χ0n) is 12.1. The molecule has 1 saturated carbocycles. The summed E-state index contributed by atoms with van der Waals surface area (Å²) in [6, 6.07) is 10.1. The lowest BCUT2D eigenvalue weighted by Crippen LogP contribution is -2.47. The Labute approximate surface area is 120 Å². The molecule has 2 aliphatic rings. The molecule has 3 rings (SSSR count). The average Bonchev–Trinajstić information content (AvgIpc) is 3.00. The van der Waals surface area contributed by atoms with Gasteiger partial charge in [-0.25, -0.2) is 0 Å². The molecule has 0 amide bonds. The summed E-state index contributed by atoms with van der Waals surface area (Å²) >= 11 is 0. The van der Waals surface area contributed by atoms with E-state index in [1.54, 1.807) is 0 Å². The van der Waals surface area contributed by atoms with Crippen molar-refractivity contribution in [3.63, 3.8) is 0 Å². The molecular formula is C17H23NO2. The monoisotopic (exact) mass is 273 g/mol. The molecule has 0 radical (unpaired) electrons. The summed E-state index contributed by atoms with van der Waals surface area (Å²) in [5.41, 5.74) is 1.27. The highest BCUT2D eigenvalue weighted by Crippen LogP contribution is 2.38. The van der Waals surface area contributed by atoms with Crippen molar-refractivity contribution in [2.45, 2.75) is 57.2 Å². The maximum Gasteiger partial charge on any atom is 0.161 e. The average molecular weight is 273 g/mol. The van der Waals surface area contributed by atoms with Crippen LogP contribution in [0.25, 0.3) is 0 Å². The van der Waals surface area contributed by atoms with Crippen LogP contribution in [0.1, 0.15) is 51.0 Å². The van der Waals surface area contributed by atoms with Gasteiger partial charge >= 0.3 is 0 Å². The van der Waals surface area contributed by atoms with Crippen molar-refractivity contribution in [1.29, 1.82) is 0 Å². The van der Waals surface area contributed by atoms with Gasteiger partial charge in [0.25, 0.3) is 0 Å². The van der Waals surface area contributed by atoms with Crippen LogP contribution < -0.4 is 0 Å². The summed E-state index contributed by atoms with van der Waals surface area (Å²) in [6.45, 7) is 1.93. The largest absolute Gasteiger partial charge is 0.389 e. The molecule has 108 valence electrons. The van der Waals surface area contributed by atoms with Gasteiger partial charge in [0.05, 0.1) is 5.71 Å². The Bertz CT molecular complexity index is 475. The first kappa shape index (κ1) is 13.6. The van der Waals surface area contributed by atoms with Crippen LogP contribution in [-0.4, -0.2) is 22.5 Å². The first-order valence-corrected chi connectivity index (χ1v) is 7.68. The van der Waals surface area contributed by atoms with Gasteiger partial charge in [0.15, 0.2) is 6.10 Å². The van der Waals surface area contributed by atoms with Gasteiger partial charge < -0.3 is 9.94 Å². The van der Waals surface area contributed by atoms with Crippen LogP contribution in [0.5, 0.6) is 0 Å². The first-order chi connectivity index (χ1) is 9.68. The van der Waals surface area contributed by atoms with Gasteiger partial charge in [-0.05, 0) is 31.2 Å². The topological polar surface area (TPSA) is 41.8 Å². The zero-order chi connectivity index (χ0) is 14.0. The Hall–Kier alpha value is -1.35. The van der Waals surface area contributed by atoms with Crippen molar-refractivity contribution in [1.82, 2.24) is 0 Å². The molecule has 0 unspecified atom stereocenters. The second-order valence-electron chi connectivity index (χ2n) is 6.26. The fourth-order valence-electron chi connectivity index (χ4n) is 3.44. The highest BCUT2D eigenvalue weighted by atomic mass is 16.7. The molecule has 1 N–H and O–H groups in total. The molecule has 1 aliphatic heterocycles. The third-order valence-electron chi connectivity index (χ3n) is 4.86. The van der Waals surface area contributed by atoms with Gasteiger partial charge in [0.1, 0.15) is 5.60 Å². The van der Waals surface area contributed by atoms with E-state index in [1.807, 2.05) is 37.3 Å². The van der Waals surface area contributed by atoms with Crippen molar-refractivity contribution in [2.24, 2.45) is 11.1 Å². The number of aliphatic hydroxyl groups is 1. The summed E-state index contributed by atoms with van der Waals surface area (Å²) in [5.74, 6) is 0.339. The minimum Gasteiger partial charge on any atom is -0.389 e. The lowest BCUT2D eigenvalue weighted by Gasteiger charge is -2.38. The third-order valence-corrected chi connectivity index (χ3v) is 4.86. The minimum atomic E-state index is -0.777. The Morgan fingerprint density at radius 1 is 1.15 bits per heavy atom. The van der Waals surface area contributed by atoms with Gasteiger partial charge in [-0.15, -0.1) is 0 Å². The molecule has 0 aromatic heterocycles. The number of nitrogens with zero attached hydrogens (tertiary/aromatic N) is 1. The maximum absolute atomic E-state index is 10.9. The SMILES string of the molecule is C[C@](O)(C1CCCCC1)[C@@H]1CC(c2ccccc2)=NO1. The smallest absolute Gasteiger partial charge is 0.161 e. The lowest BCUT2D eigenvalue weighted by molar-refractivity contribution is -0.124. The van der Waals surface area contributed by atoms with Crippen LogP contribution in [0.4, 0.5) is 0 Å². The van der Waals surface area contributed by atoms with Crippen molar-refractivity contribution >= 4 is 5.71 Å². The molecule has 20 heavy (non-hydrogen) atoms. The fourth-order valence-corrected chi connectivity index (χ4v) is 3.44. The van der Waals surface area contributed by atoms with Crippen molar-refractivity contribution < 1.29 is 9.94 Å². The van der Waals surface area contributed by atoms with Gasteiger partial charge in [-0.1, -0.05) is 54.8 Å². The van der Waals surface area contributed by atoms with E-state index in [0.29, 0.717) is 12.3 Å². The number of hydrogen-bond donors (Lipinski definition) is 1. The molecule has 3 nitrogen and oxygen atoms in total. The highest BCUT2D eigenvalue weighted by Gasteiger charge is 2.44. The predicted molar refractivity (Wildman–Crippen MR) is 79.7 cm³/mol. The molecule has 3 heteroatoms. The minimum absolute atomic E-state index is 0.208. The van der Waals surface area contributed by atoms with E-state index in [9.17, 15) is 5.11 Å². The molecule has 0 saturated heterocycles. The Morgan fingerprint density at radius 2 is 1.85 bits per heavy atom. The quantitative estimate of drug-likeness (QED) is 0.915. The molecule has 1 fully saturated rings. The van der Waals surface area contributed by atoms with Crippen molar-refractivity contribution in [3.8, 4) is 0 Å². The van der Waals surface area contributed by atoms with Crippen molar-refractivity contribution in [2.75, 3.05) is 0 Å². The molecular weight excluding hydrogens is 250 g/mol. The Balaban J connectivity index is 1.68. The van der Waals surface area contributed by atoms with Crippen LogP contribution >= 0.6 is 0 Å². The van der Waals surface area contributed by atoms with Crippen LogP contribution in [0.2, 0.25) is 0 Å². The number of benzene rings is 1. The molecule has 1 heterocycles. The van der Waals surface area contributed by atoms with E-state index in [0.717, 1.165) is 24.1 Å². The molecule has 2 atom stereocenters. The summed E-state index contributed by atoms with van der Waals surface area (Å²) < 4.78 is 0. The van der Waals surface area contributed by atoms with E-state index in [2.05, 4.69) is 5.16 Å². The lowest BCUT2D eigenvalue weighted by atomic mass is 9.74. The number of rotatable bonds is 3. The summed E-state index contributed by atoms with van der Waals surface area (Å²) in [6.07, 6.45) is 6.44. The first-order valence-electron chi connectivity index (χ1n) is 7.68. The second-order valence-corrected chi connectivity index (χ2v) is 6.26. The summed E-state index contributed by atoms with van der Waals surface area (Å²) in [7, 11) is 0. The second kappa shape index (κ2) is 5.57. The van der Waals surface area contributed by atoms with Crippen molar-refractivity contribution in [3.05, 3.63) is 35.9 Å². The summed E-state index contributed by atoms with van der Waals surface area (Å²) in [4.78, 5) is 5.58. The van der Waals surface area contributed by atoms with Crippen LogP contribution in [0.3, 0.4) is 0 Å². The van der Waals surface area contributed by atoms with Crippen LogP contribution in [-0.2, 0) is 4.84 Å². The molecule has 1 aliphatic carbocycles. The van der Waals surface area contributed by atoms with E-state index < -0.39 is 5.60 Å². The Kier molecular flexibility index (Phi) is 3.79. The van der Waals surface area contributed by atoms with Gasteiger partial charge in [0.2, 0.25) is 0 Å². The maximum atomic E-state index is 10.9. The fraction of sp³-hybridized carbons (Fsp3) is 0.588. The number of oxime groups is 1. The zero-order valence-corrected chi connectivity index (χ0v) is 12.1. The number of hydrogen-bond acceptors (Lipinski definition) is 3. The van der Waals surface area contributed by atoms with E-state index in [-0.39, 0.29) is 6.10 Å². The third kappa shape index (κ3) is 2.59. The van der Waals surface area contributed by atoms with Gasteiger partial charge in [-0.2, -0.15) is 0 Å². The highest BCUT2D eigenvalue weighted by molar-refractivity contribution is 6.01.